The predicted molar refractivity (Wildman–Crippen MR) is 44.9 cm³/mol. The Bertz CT molecular complexity index is 276. The first kappa shape index (κ1) is 10.0. The van der Waals surface area contributed by atoms with Gasteiger partial charge in [0.25, 0.3) is 0 Å². The van der Waals surface area contributed by atoms with Crippen LogP contribution in [0.5, 0.6) is 0 Å². The Morgan fingerprint density at radius 2 is 2.08 bits per heavy atom. The summed E-state index contributed by atoms with van der Waals surface area (Å²) in [6.45, 7) is 4.67. The third-order valence-corrected chi connectivity index (χ3v) is 1.94. The zero-order valence-corrected chi connectivity index (χ0v) is 7.83. The quantitative estimate of drug-likeness (QED) is 0.607. The Morgan fingerprint density at radius 3 is 2.38 bits per heavy atom. The molecule has 1 heterocycles. The number of hydrogen-bond acceptors (Lipinski definition) is 3. The number of terminal acetylenes is 1. The van der Waals surface area contributed by atoms with Gasteiger partial charge in [-0.05, 0) is 20.8 Å². The monoisotopic (exact) mass is 184 g/mol. The van der Waals surface area contributed by atoms with Crippen molar-refractivity contribution in [2.45, 2.75) is 38.3 Å². The molecule has 0 aromatic rings. The molecule has 0 spiro atoms. The van der Waals surface area contributed by atoms with Crippen LogP contribution in [0.4, 0.5) is 0 Å². The van der Waals surface area contributed by atoms with Crippen LogP contribution in [0.15, 0.2) is 0 Å². The smallest absolute Gasteiger partial charge is 0.339 e. The highest BCUT2D eigenvalue weighted by atomic mass is 16.8. The van der Waals surface area contributed by atoms with Gasteiger partial charge in [0.2, 0.25) is 5.60 Å². The fraction of sp³-hybridized carbons (Fsp3) is 0.667. The van der Waals surface area contributed by atoms with Crippen molar-refractivity contribution in [3.8, 4) is 12.3 Å². The first-order chi connectivity index (χ1) is 5.82. The van der Waals surface area contributed by atoms with Crippen LogP contribution in [0, 0.1) is 12.3 Å². The van der Waals surface area contributed by atoms with Gasteiger partial charge in [-0.25, -0.2) is 4.79 Å². The number of hydrogen-bond donors (Lipinski definition) is 1. The Hall–Kier alpha value is -1.05. The van der Waals surface area contributed by atoms with Crippen molar-refractivity contribution in [3.05, 3.63) is 0 Å². The van der Waals surface area contributed by atoms with Crippen molar-refractivity contribution in [1.29, 1.82) is 0 Å². The summed E-state index contributed by atoms with van der Waals surface area (Å²) < 4.78 is 10.5. The molecule has 0 saturated carbocycles. The lowest BCUT2D eigenvalue weighted by atomic mass is 10.0. The Kier molecular flexibility index (Phi) is 2.10. The topological polar surface area (TPSA) is 55.8 Å². The fourth-order valence-electron chi connectivity index (χ4n) is 1.33. The van der Waals surface area contributed by atoms with Gasteiger partial charge in [-0.1, -0.05) is 5.92 Å². The van der Waals surface area contributed by atoms with Gasteiger partial charge in [-0.2, -0.15) is 0 Å². The summed E-state index contributed by atoms with van der Waals surface area (Å²) in [6, 6.07) is 0. The predicted octanol–water partition coefficient (Wildman–Crippen LogP) is 0.614. The maximum absolute atomic E-state index is 10.9. The highest BCUT2D eigenvalue weighted by Crippen LogP contribution is 2.36. The first-order valence-corrected chi connectivity index (χ1v) is 3.89. The number of carboxylic acid groups (broad SMARTS) is 1. The van der Waals surface area contributed by atoms with Crippen molar-refractivity contribution in [1.82, 2.24) is 0 Å². The van der Waals surface area contributed by atoms with Crippen LogP contribution in [0.2, 0.25) is 0 Å². The van der Waals surface area contributed by atoms with Gasteiger partial charge in [-0.15, -0.1) is 6.42 Å². The Morgan fingerprint density at radius 1 is 1.54 bits per heavy atom. The molecule has 1 aliphatic heterocycles. The second-order valence-electron chi connectivity index (χ2n) is 3.58. The second-order valence-corrected chi connectivity index (χ2v) is 3.58. The number of carbonyl (C=O) groups is 1. The van der Waals surface area contributed by atoms with Crippen LogP contribution in [-0.4, -0.2) is 28.6 Å². The highest BCUT2D eigenvalue weighted by molar-refractivity contribution is 5.79. The van der Waals surface area contributed by atoms with Gasteiger partial charge in [0.1, 0.15) is 0 Å². The molecular formula is C9H12O4. The molecule has 0 aromatic heterocycles. The van der Waals surface area contributed by atoms with Crippen LogP contribution in [0.1, 0.15) is 20.8 Å². The lowest BCUT2D eigenvalue weighted by Crippen LogP contribution is -2.44. The van der Waals surface area contributed by atoms with E-state index < -0.39 is 23.5 Å². The molecule has 4 heteroatoms. The number of rotatable bonds is 1. The molecule has 1 rings (SSSR count). The van der Waals surface area contributed by atoms with Crippen molar-refractivity contribution < 1.29 is 19.4 Å². The SMILES string of the molecule is C#C[C@H]1OC(C)(C)O[C@@]1(C)C(=O)O. The van der Waals surface area contributed by atoms with Crippen LogP contribution < -0.4 is 0 Å². The summed E-state index contributed by atoms with van der Waals surface area (Å²) in [6.07, 6.45) is 4.30. The molecular weight excluding hydrogens is 172 g/mol. The van der Waals surface area contributed by atoms with Gasteiger partial charge in [0, 0.05) is 0 Å². The minimum Gasteiger partial charge on any atom is -0.479 e. The molecule has 0 amide bonds. The van der Waals surface area contributed by atoms with E-state index in [9.17, 15) is 4.79 Å². The van der Waals surface area contributed by atoms with Crippen molar-refractivity contribution in [3.63, 3.8) is 0 Å². The molecule has 1 N–H and O–H groups in total. The van der Waals surface area contributed by atoms with E-state index in [1.807, 2.05) is 0 Å². The number of ether oxygens (including phenoxy) is 2. The van der Waals surface area contributed by atoms with Crippen LogP contribution >= 0.6 is 0 Å². The Balaban J connectivity index is 3.00. The molecule has 0 radical (unpaired) electrons. The standard InChI is InChI=1S/C9H12O4/c1-5-6-9(4,7(10)11)13-8(2,3)12-6/h1,6H,2-4H3,(H,10,11)/t6-,9-/m1/s1. The molecule has 4 nitrogen and oxygen atoms in total. The van der Waals surface area contributed by atoms with Gasteiger partial charge in [-0.3, -0.25) is 0 Å². The van der Waals surface area contributed by atoms with E-state index in [0.717, 1.165) is 0 Å². The average Bonchev–Trinajstić information content (AvgIpc) is 2.22. The zero-order chi connectivity index (χ0) is 10.3. The summed E-state index contributed by atoms with van der Waals surface area (Å²) in [5.41, 5.74) is -1.45. The third kappa shape index (κ3) is 1.53. The zero-order valence-electron chi connectivity index (χ0n) is 7.83. The first-order valence-electron chi connectivity index (χ1n) is 3.89. The van der Waals surface area contributed by atoms with E-state index in [1.54, 1.807) is 13.8 Å². The highest BCUT2D eigenvalue weighted by Gasteiger charge is 2.54. The summed E-state index contributed by atoms with van der Waals surface area (Å²) in [5.74, 6) is 0.213. The molecule has 1 aliphatic rings. The molecule has 13 heavy (non-hydrogen) atoms. The van der Waals surface area contributed by atoms with Gasteiger partial charge >= 0.3 is 5.97 Å². The van der Waals surface area contributed by atoms with Gasteiger partial charge in [0.15, 0.2) is 11.9 Å². The second kappa shape index (κ2) is 2.72. The molecule has 0 aromatic carbocycles. The molecule has 2 atom stereocenters. The fourth-order valence-corrected chi connectivity index (χ4v) is 1.33. The maximum Gasteiger partial charge on any atom is 0.339 e. The third-order valence-electron chi connectivity index (χ3n) is 1.94. The maximum atomic E-state index is 10.9. The number of aliphatic carboxylic acids is 1. The summed E-state index contributed by atoms with van der Waals surface area (Å²) in [7, 11) is 0. The summed E-state index contributed by atoms with van der Waals surface area (Å²) in [4.78, 5) is 10.9. The lowest BCUT2D eigenvalue weighted by molar-refractivity contribution is -0.182. The molecule has 0 aliphatic carbocycles. The molecule has 72 valence electrons. The molecule has 1 saturated heterocycles. The molecule has 1 fully saturated rings. The summed E-state index contributed by atoms with van der Waals surface area (Å²) in [5, 5.41) is 8.91. The van der Waals surface area contributed by atoms with Gasteiger partial charge < -0.3 is 14.6 Å². The largest absolute Gasteiger partial charge is 0.479 e. The minimum absolute atomic E-state index is 0.847. The van der Waals surface area contributed by atoms with E-state index in [0.29, 0.717) is 0 Å². The van der Waals surface area contributed by atoms with Crippen LogP contribution in [-0.2, 0) is 14.3 Å². The lowest BCUT2D eigenvalue weighted by Gasteiger charge is -2.21. The molecule has 0 bridgehead atoms. The van der Waals surface area contributed by atoms with Crippen molar-refractivity contribution >= 4 is 5.97 Å². The van der Waals surface area contributed by atoms with Crippen molar-refractivity contribution in [2.24, 2.45) is 0 Å². The molecule has 0 unspecified atom stereocenters. The summed E-state index contributed by atoms with van der Waals surface area (Å²) >= 11 is 0. The van der Waals surface area contributed by atoms with E-state index in [-0.39, 0.29) is 0 Å². The van der Waals surface area contributed by atoms with Crippen molar-refractivity contribution in [2.75, 3.05) is 0 Å². The number of carboxylic acids is 1. The average molecular weight is 184 g/mol. The van der Waals surface area contributed by atoms with Crippen LogP contribution in [0.3, 0.4) is 0 Å². The normalized spacial score (nSPS) is 36.9. The van der Waals surface area contributed by atoms with E-state index in [4.69, 9.17) is 21.0 Å². The van der Waals surface area contributed by atoms with Crippen LogP contribution in [0.25, 0.3) is 0 Å². The van der Waals surface area contributed by atoms with Gasteiger partial charge in [0.05, 0.1) is 0 Å². The van der Waals surface area contributed by atoms with E-state index in [1.165, 1.54) is 6.92 Å². The minimum atomic E-state index is -1.45. The van der Waals surface area contributed by atoms with E-state index >= 15 is 0 Å². The Labute approximate surface area is 76.8 Å². The van der Waals surface area contributed by atoms with E-state index in [2.05, 4.69) is 5.92 Å².